The normalized spacial score (nSPS) is 13.8. The van der Waals surface area contributed by atoms with Gasteiger partial charge in [-0.05, 0) is 46.7 Å². The highest BCUT2D eigenvalue weighted by Gasteiger charge is 2.56. The van der Waals surface area contributed by atoms with E-state index in [0.29, 0.717) is 6.61 Å². The molecule has 40 heavy (non-hydrogen) atoms. The van der Waals surface area contributed by atoms with E-state index in [2.05, 4.69) is 67.4 Å². The van der Waals surface area contributed by atoms with Crippen molar-refractivity contribution in [2.75, 3.05) is 26.3 Å². The molecule has 0 amide bonds. The lowest BCUT2D eigenvalue weighted by Crippen LogP contribution is -3.00. The van der Waals surface area contributed by atoms with Crippen molar-refractivity contribution >= 4 is 17.5 Å². The van der Waals surface area contributed by atoms with E-state index in [1.165, 1.54) is 126 Å². The van der Waals surface area contributed by atoms with Crippen molar-refractivity contribution < 1.29 is 25.4 Å². The third-order valence-electron chi connectivity index (χ3n) is 8.89. The summed E-state index contributed by atoms with van der Waals surface area (Å²) in [6.07, 6.45) is 25.1. The maximum Gasteiger partial charge on any atom is 0.420 e. The predicted molar refractivity (Wildman–Crippen MR) is 182 cm³/mol. The lowest BCUT2D eigenvalue weighted by Gasteiger charge is -2.59. The summed E-state index contributed by atoms with van der Waals surface area (Å²) < 4.78 is 14.1. The van der Waals surface area contributed by atoms with E-state index in [-0.39, 0.29) is 17.9 Å². The third-order valence-corrected chi connectivity index (χ3v) is 16.2. The van der Waals surface area contributed by atoms with Gasteiger partial charge in [-0.15, -0.1) is 0 Å². The molecule has 0 aliphatic carbocycles. The quantitative estimate of drug-likeness (QED) is 0.0503. The SMILES string of the molecule is C=C(C)COCCC[N+](CCC)(C(C)(C)CCCCCCCCCCCCCCCCC)[Si](C)(C)O[SiH](C)C.[Cl-]. The summed E-state index contributed by atoms with van der Waals surface area (Å²) in [5.74, 6) is 0. The Morgan fingerprint density at radius 3 is 1.57 bits per heavy atom. The van der Waals surface area contributed by atoms with Crippen LogP contribution < -0.4 is 12.4 Å². The fourth-order valence-electron chi connectivity index (χ4n) is 6.87. The summed E-state index contributed by atoms with van der Waals surface area (Å²) in [5.41, 5.74) is 1.35. The monoisotopic (exact) mass is 619 g/mol. The first-order chi connectivity index (χ1) is 18.5. The van der Waals surface area contributed by atoms with Gasteiger partial charge in [0, 0.05) is 25.9 Å². The van der Waals surface area contributed by atoms with Crippen LogP contribution in [0.3, 0.4) is 0 Å². The fourth-order valence-corrected chi connectivity index (χ4v) is 15.3. The molecule has 3 nitrogen and oxygen atoms in total. The molecule has 0 saturated heterocycles. The van der Waals surface area contributed by atoms with Crippen LogP contribution in [-0.2, 0) is 8.85 Å². The van der Waals surface area contributed by atoms with Crippen molar-refractivity contribution in [1.82, 2.24) is 0 Å². The Kier molecular flexibility index (Phi) is 26.3. The van der Waals surface area contributed by atoms with Crippen LogP contribution in [0.4, 0.5) is 0 Å². The van der Waals surface area contributed by atoms with Gasteiger partial charge in [0.05, 0.1) is 31.8 Å². The first-order valence-electron chi connectivity index (χ1n) is 17.2. The summed E-state index contributed by atoms with van der Waals surface area (Å²) in [5, 5.41) is 0. The minimum atomic E-state index is -1.97. The Morgan fingerprint density at radius 2 is 1.18 bits per heavy atom. The highest BCUT2D eigenvalue weighted by atomic mass is 35.5. The second-order valence-electron chi connectivity index (χ2n) is 13.9. The van der Waals surface area contributed by atoms with Gasteiger partial charge in [-0.2, -0.15) is 0 Å². The zero-order valence-corrected chi connectivity index (χ0v) is 31.9. The molecule has 0 aliphatic rings. The van der Waals surface area contributed by atoms with E-state index < -0.39 is 17.5 Å². The van der Waals surface area contributed by atoms with Gasteiger partial charge in [0.1, 0.15) is 0 Å². The Balaban J connectivity index is 0. The molecule has 0 saturated carbocycles. The first kappa shape index (κ1) is 42.5. The number of unbranched alkanes of at least 4 members (excludes halogenated alkanes) is 14. The molecule has 0 bridgehead atoms. The maximum atomic E-state index is 6.96. The molecule has 1 unspecified atom stereocenters. The van der Waals surface area contributed by atoms with Crippen molar-refractivity contribution in [2.45, 2.75) is 182 Å². The van der Waals surface area contributed by atoms with Crippen LogP contribution in [0, 0.1) is 0 Å². The fraction of sp³-hybridized carbons (Fsp3) is 0.941. The van der Waals surface area contributed by atoms with Gasteiger partial charge in [0.2, 0.25) is 0 Å². The van der Waals surface area contributed by atoms with Crippen LogP contribution in [0.5, 0.6) is 0 Å². The number of halogens is 1. The van der Waals surface area contributed by atoms with Crippen molar-refractivity contribution in [1.29, 1.82) is 0 Å². The molecule has 0 fully saturated rings. The highest BCUT2D eigenvalue weighted by Crippen LogP contribution is 2.39. The molecular formula is C34H74ClNO2Si2. The minimum Gasteiger partial charge on any atom is -1.00 e. The second-order valence-corrected chi connectivity index (χ2v) is 20.7. The van der Waals surface area contributed by atoms with Gasteiger partial charge in [-0.25, -0.2) is 0 Å². The number of hydrogen-bond acceptors (Lipinski definition) is 2. The van der Waals surface area contributed by atoms with E-state index in [0.717, 1.165) is 18.6 Å². The van der Waals surface area contributed by atoms with Gasteiger partial charge in [0.25, 0.3) is 0 Å². The van der Waals surface area contributed by atoms with Crippen LogP contribution in [-0.4, -0.2) is 53.5 Å². The molecule has 242 valence electrons. The van der Waals surface area contributed by atoms with Gasteiger partial charge in [0.15, 0.2) is 9.04 Å². The molecular weight excluding hydrogens is 546 g/mol. The van der Waals surface area contributed by atoms with Crippen LogP contribution in [0.1, 0.15) is 150 Å². The van der Waals surface area contributed by atoms with E-state index in [4.69, 9.17) is 8.85 Å². The Morgan fingerprint density at radius 1 is 0.725 bits per heavy atom. The lowest BCUT2D eigenvalue weighted by atomic mass is 9.93. The molecule has 0 N–H and O–H groups in total. The number of quaternary nitrogens is 1. The lowest BCUT2D eigenvalue weighted by molar-refractivity contribution is -0.891. The largest absolute Gasteiger partial charge is 1.00 e. The van der Waals surface area contributed by atoms with Gasteiger partial charge in [-0.1, -0.05) is 116 Å². The molecule has 0 heterocycles. The molecule has 0 aromatic heterocycles. The summed E-state index contributed by atoms with van der Waals surface area (Å²) in [4.78, 5) is 0. The van der Waals surface area contributed by atoms with Crippen molar-refractivity contribution in [3.8, 4) is 0 Å². The van der Waals surface area contributed by atoms with Gasteiger partial charge < -0.3 is 25.4 Å². The van der Waals surface area contributed by atoms with Crippen LogP contribution >= 0.6 is 0 Å². The number of ether oxygens (including phenoxy) is 1. The summed E-state index contributed by atoms with van der Waals surface area (Å²) in [6.45, 7) is 29.5. The summed E-state index contributed by atoms with van der Waals surface area (Å²) in [7, 11) is -3.08. The van der Waals surface area contributed by atoms with E-state index in [1.807, 2.05) is 0 Å². The zero-order valence-electron chi connectivity index (χ0n) is 29.0. The van der Waals surface area contributed by atoms with Gasteiger partial charge in [-0.3, -0.25) is 0 Å². The van der Waals surface area contributed by atoms with Crippen molar-refractivity contribution in [3.63, 3.8) is 0 Å². The number of nitrogens with zero attached hydrogens (tertiary/aromatic N) is 1. The van der Waals surface area contributed by atoms with E-state index >= 15 is 0 Å². The molecule has 0 radical (unpaired) electrons. The summed E-state index contributed by atoms with van der Waals surface area (Å²) in [6, 6.07) is 0. The van der Waals surface area contributed by atoms with E-state index in [9.17, 15) is 0 Å². The molecule has 0 aromatic rings. The topological polar surface area (TPSA) is 18.5 Å². The molecule has 0 aliphatic heterocycles. The molecule has 0 aromatic carbocycles. The predicted octanol–water partition coefficient (Wildman–Crippen LogP) is 7.94. The molecule has 0 spiro atoms. The third kappa shape index (κ3) is 18.1. The second kappa shape index (κ2) is 24.8. The standard InChI is InChI=1S/C34H74NO2Si2.ClH/c1-11-13-14-15-16-17-18-19-20-21-22-23-24-25-26-28-34(5,6)35(29-12-2,39(9,10)37-38(7)8)30-27-31-36-32-33(3)4;/h38H,3,11-32H2,1-2,4-10H3;1H/q+1;/p-1. The average molecular weight is 621 g/mol. The van der Waals surface area contributed by atoms with Crippen molar-refractivity contribution in [2.24, 2.45) is 0 Å². The highest BCUT2D eigenvalue weighted by molar-refractivity contribution is 6.72. The van der Waals surface area contributed by atoms with Gasteiger partial charge >= 0.3 is 8.48 Å². The Bertz CT molecular complexity index is 600. The first-order valence-corrected chi connectivity index (χ1v) is 22.9. The summed E-state index contributed by atoms with van der Waals surface area (Å²) >= 11 is 0. The maximum absolute atomic E-state index is 6.96. The average Bonchev–Trinajstić information content (AvgIpc) is 2.84. The van der Waals surface area contributed by atoms with Crippen LogP contribution in [0.25, 0.3) is 0 Å². The minimum absolute atomic E-state index is 0. The molecule has 1 atom stereocenters. The Hall–Kier alpha value is 0.344. The zero-order chi connectivity index (χ0) is 29.6. The smallest absolute Gasteiger partial charge is 0.420 e. The Labute approximate surface area is 262 Å². The van der Waals surface area contributed by atoms with Crippen molar-refractivity contribution in [3.05, 3.63) is 12.2 Å². The molecule has 0 rings (SSSR count). The van der Waals surface area contributed by atoms with E-state index in [1.54, 1.807) is 0 Å². The van der Waals surface area contributed by atoms with Crippen LogP contribution in [0.2, 0.25) is 26.2 Å². The van der Waals surface area contributed by atoms with Crippen LogP contribution in [0.15, 0.2) is 12.2 Å². The number of rotatable bonds is 28. The number of hydrogen-bond donors (Lipinski definition) is 0. The molecule has 6 heteroatoms.